The van der Waals surface area contributed by atoms with E-state index in [1.165, 1.54) is 0 Å². The van der Waals surface area contributed by atoms with Gasteiger partial charge in [-0.15, -0.1) is 0 Å². The number of anilines is 2. The van der Waals surface area contributed by atoms with Crippen molar-refractivity contribution in [2.75, 3.05) is 36.5 Å². The quantitative estimate of drug-likeness (QED) is 0.683. The Balaban J connectivity index is 1.33. The van der Waals surface area contributed by atoms with Gasteiger partial charge in [0.1, 0.15) is 16.9 Å². The van der Waals surface area contributed by atoms with Crippen LogP contribution in [-0.2, 0) is 11.2 Å². The van der Waals surface area contributed by atoms with Crippen molar-refractivity contribution in [2.24, 2.45) is 5.41 Å². The predicted octanol–water partition coefficient (Wildman–Crippen LogP) is 3.31. The van der Waals surface area contributed by atoms with Crippen molar-refractivity contribution in [1.29, 1.82) is 0 Å². The van der Waals surface area contributed by atoms with Crippen molar-refractivity contribution < 1.29 is 14.3 Å². The van der Waals surface area contributed by atoms with Crippen LogP contribution in [0, 0.1) is 5.41 Å². The third-order valence-electron chi connectivity index (χ3n) is 6.93. The first kappa shape index (κ1) is 19.5. The van der Waals surface area contributed by atoms with Crippen LogP contribution in [0.5, 0.6) is 5.75 Å². The van der Waals surface area contributed by atoms with Crippen LogP contribution in [0.2, 0.25) is 0 Å². The molecule has 1 N–H and O–H groups in total. The summed E-state index contributed by atoms with van der Waals surface area (Å²) in [5.74, 6) is 0.701. The Bertz CT molecular complexity index is 1200. The van der Waals surface area contributed by atoms with Gasteiger partial charge >= 0.3 is 0 Å². The van der Waals surface area contributed by atoms with Crippen molar-refractivity contribution >= 4 is 22.9 Å². The van der Waals surface area contributed by atoms with E-state index < -0.39 is 0 Å². The van der Waals surface area contributed by atoms with Gasteiger partial charge in [0.25, 0.3) is 5.91 Å². The summed E-state index contributed by atoms with van der Waals surface area (Å²) < 4.78 is 13.3. The average molecular weight is 434 g/mol. The molecule has 0 unspecified atom stereocenters. The molecule has 3 aliphatic rings. The molecular formula is C24H27N5O3. The normalized spacial score (nSPS) is 20.6. The molecule has 3 aromatic rings. The topological polar surface area (TPSA) is 81.0 Å². The highest BCUT2D eigenvalue weighted by molar-refractivity contribution is 6.09. The molecule has 0 atom stereocenters. The van der Waals surface area contributed by atoms with Crippen molar-refractivity contribution in [2.45, 2.75) is 38.7 Å². The van der Waals surface area contributed by atoms with E-state index in [4.69, 9.17) is 9.47 Å². The van der Waals surface area contributed by atoms with E-state index in [0.29, 0.717) is 16.6 Å². The SMILES string of the molecule is CC1(C)Cc2cc(NC(=O)c3cnn4cccnc34)c(N3CCC4(CC3)COC4)cc2O1. The molecule has 1 aromatic carbocycles. The van der Waals surface area contributed by atoms with Gasteiger partial charge in [-0.3, -0.25) is 4.79 Å². The summed E-state index contributed by atoms with van der Waals surface area (Å²) in [4.78, 5) is 19.9. The van der Waals surface area contributed by atoms with Crippen molar-refractivity contribution in [3.8, 4) is 5.75 Å². The second-order valence-corrected chi connectivity index (χ2v) is 9.90. The molecule has 32 heavy (non-hydrogen) atoms. The summed E-state index contributed by atoms with van der Waals surface area (Å²) in [5, 5.41) is 7.41. The lowest BCUT2D eigenvalue weighted by Gasteiger charge is -2.48. The van der Waals surface area contributed by atoms with Crippen LogP contribution >= 0.6 is 0 Å². The molecule has 0 bridgehead atoms. The summed E-state index contributed by atoms with van der Waals surface area (Å²) in [6, 6.07) is 5.97. The first-order valence-corrected chi connectivity index (χ1v) is 11.2. The van der Waals surface area contributed by atoms with Gasteiger partial charge in [0.15, 0.2) is 5.65 Å². The zero-order valence-corrected chi connectivity index (χ0v) is 18.4. The maximum atomic E-state index is 13.2. The molecule has 0 saturated carbocycles. The average Bonchev–Trinajstić information content (AvgIpc) is 3.31. The van der Waals surface area contributed by atoms with Crippen LogP contribution in [0.1, 0.15) is 42.6 Å². The van der Waals surface area contributed by atoms with Crippen molar-refractivity contribution in [1.82, 2.24) is 14.6 Å². The summed E-state index contributed by atoms with van der Waals surface area (Å²) in [5.41, 5.74) is 4.04. The minimum atomic E-state index is -0.246. The molecule has 8 nitrogen and oxygen atoms in total. The number of nitrogens with zero attached hydrogens (tertiary/aromatic N) is 4. The smallest absolute Gasteiger partial charge is 0.261 e. The minimum absolute atomic E-state index is 0.209. The van der Waals surface area contributed by atoms with Gasteiger partial charge in [0, 0.05) is 48.9 Å². The number of aromatic nitrogens is 3. The summed E-state index contributed by atoms with van der Waals surface area (Å²) >= 11 is 0. The third kappa shape index (κ3) is 3.21. The number of benzene rings is 1. The first-order chi connectivity index (χ1) is 15.4. The number of hydrogen-bond donors (Lipinski definition) is 1. The Hall–Kier alpha value is -3.13. The Labute approximate surface area is 186 Å². The fourth-order valence-corrected chi connectivity index (χ4v) is 5.08. The van der Waals surface area contributed by atoms with Crippen molar-refractivity contribution in [3.63, 3.8) is 0 Å². The molecule has 8 heteroatoms. The second kappa shape index (κ2) is 6.93. The van der Waals surface area contributed by atoms with E-state index in [0.717, 1.165) is 68.3 Å². The highest BCUT2D eigenvalue weighted by Crippen LogP contribution is 2.45. The number of carbonyl (C=O) groups is 1. The molecule has 166 valence electrons. The highest BCUT2D eigenvalue weighted by atomic mass is 16.5. The number of fused-ring (bicyclic) bond motifs is 2. The first-order valence-electron chi connectivity index (χ1n) is 11.2. The summed E-state index contributed by atoms with van der Waals surface area (Å²) in [7, 11) is 0. The number of ether oxygens (including phenoxy) is 2. The van der Waals surface area contributed by atoms with Gasteiger partial charge in [0.2, 0.25) is 0 Å². The zero-order chi connectivity index (χ0) is 21.9. The standard InChI is InChI=1S/C24H27N5O3/c1-23(2)12-16-10-18(27-22(30)17-13-26-29-7-3-6-25-21(17)29)19(11-20(16)32-23)28-8-4-24(5-9-28)14-31-15-24/h3,6-7,10-11,13H,4-5,8-9,12,14-15H2,1-2H3,(H,27,30). The fourth-order valence-electron chi connectivity index (χ4n) is 5.08. The Morgan fingerprint density at radius 3 is 2.75 bits per heavy atom. The van der Waals surface area contributed by atoms with E-state index in [2.05, 4.69) is 46.3 Å². The molecule has 3 aliphatic heterocycles. The van der Waals surface area contributed by atoms with Gasteiger partial charge in [0.05, 0.1) is 30.8 Å². The Morgan fingerprint density at radius 2 is 2.00 bits per heavy atom. The second-order valence-electron chi connectivity index (χ2n) is 9.90. The molecule has 2 saturated heterocycles. The third-order valence-corrected chi connectivity index (χ3v) is 6.93. The van der Waals surface area contributed by atoms with Gasteiger partial charge in [-0.25, -0.2) is 9.50 Å². The highest BCUT2D eigenvalue weighted by Gasteiger charge is 2.42. The van der Waals surface area contributed by atoms with Crippen LogP contribution < -0.4 is 15.0 Å². The van der Waals surface area contributed by atoms with Crippen LogP contribution in [0.25, 0.3) is 5.65 Å². The van der Waals surface area contributed by atoms with Crippen molar-refractivity contribution in [3.05, 3.63) is 47.9 Å². The molecule has 5 heterocycles. The van der Waals surface area contributed by atoms with E-state index in [1.807, 2.05) is 0 Å². The number of piperidine rings is 1. The molecular weight excluding hydrogens is 406 g/mol. The van der Waals surface area contributed by atoms with Gasteiger partial charge in [-0.1, -0.05) is 0 Å². The van der Waals surface area contributed by atoms with Crippen LogP contribution in [0.3, 0.4) is 0 Å². The lowest BCUT2D eigenvalue weighted by atomic mass is 9.76. The number of amides is 1. The lowest BCUT2D eigenvalue weighted by Crippen LogP contribution is -2.51. The number of hydrogen-bond acceptors (Lipinski definition) is 6. The molecule has 1 spiro atoms. The van der Waals surface area contributed by atoms with E-state index in [-0.39, 0.29) is 11.5 Å². The van der Waals surface area contributed by atoms with E-state index in [1.54, 1.807) is 29.2 Å². The van der Waals surface area contributed by atoms with E-state index >= 15 is 0 Å². The maximum absolute atomic E-state index is 13.2. The van der Waals surface area contributed by atoms with Crippen LogP contribution in [-0.4, -0.2) is 52.4 Å². The summed E-state index contributed by atoms with van der Waals surface area (Å²) in [6.07, 6.45) is 8.03. The molecule has 0 aliphatic carbocycles. The molecule has 1 amide bonds. The number of rotatable bonds is 3. The Morgan fingerprint density at radius 1 is 1.19 bits per heavy atom. The molecule has 0 radical (unpaired) electrons. The lowest BCUT2D eigenvalue weighted by molar-refractivity contribution is -0.124. The maximum Gasteiger partial charge on any atom is 0.261 e. The Kier molecular flexibility index (Phi) is 4.24. The van der Waals surface area contributed by atoms with E-state index in [9.17, 15) is 4.79 Å². The zero-order valence-electron chi connectivity index (χ0n) is 18.4. The molecule has 2 aromatic heterocycles. The van der Waals surface area contributed by atoms with Crippen LogP contribution in [0.4, 0.5) is 11.4 Å². The largest absolute Gasteiger partial charge is 0.487 e. The van der Waals surface area contributed by atoms with Gasteiger partial charge in [-0.05, 0) is 38.8 Å². The predicted molar refractivity (Wildman–Crippen MR) is 120 cm³/mol. The molecule has 6 rings (SSSR count). The number of nitrogens with one attached hydrogen (secondary N) is 1. The molecule has 2 fully saturated rings. The fraction of sp³-hybridized carbons (Fsp3) is 0.458. The minimum Gasteiger partial charge on any atom is -0.487 e. The van der Waals surface area contributed by atoms with Gasteiger partial charge < -0.3 is 19.7 Å². The summed E-state index contributed by atoms with van der Waals surface area (Å²) in [6.45, 7) is 7.80. The number of carbonyl (C=O) groups excluding carboxylic acids is 1. The monoisotopic (exact) mass is 433 g/mol. The van der Waals surface area contributed by atoms with Crippen LogP contribution in [0.15, 0.2) is 36.8 Å². The van der Waals surface area contributed by atoms with Gasteiger partial charge in [-0.2, -0.15) is 5.10 Å².